The number of hydrogen-bond acceptors (Lipinski definition) is 3. The lowest BCUT2D eigenvalue weighted by Crippen LogP contribution is -2.32. The number of aromatic nitrogens is 1. The Bertz CT molecular complexity index is 557. The number of nitrogen functional groups attached to an aromatic ring is 1. The second-order valence-corrected chi connectivity index (χ2v) is 5.24. The van der Waals surface area contributed by atoms with Crippen molar-refractivity contribution in [3.63, 3.8) is 0 Å². The van der Waals surface area contributed by atoms with Crippen LogP contribution in [0.25, 0.3) is 10.9 Å². The van der Waals surface area contributed by atoms with Crippen molar-refractivity contribution < 1.29 is 0 Å². The molecule has 0 radical (unpaired) electrons. The van der Waals surface area contributed by atoms with Crippen molar-refractivity contribution in [1.29, 1.82) is 0 Å². The monoisotopic (exact) mass is 241 g/mol. The smallest absolute Gasteiger partial charge is 0.0951 e. The van der Waals surface area contributed by atoms with E-state index in [1.54, 1.807) is 0 Å². The largest absolute Gasteiger partial charge is 0.397 e. The number of para-hydroxylation sites is 1. The van der Waals surface area contributed by atoms with Crippen molar-refractivity contribution in [2.45, 2.75) is 19.8 Å². The molecule has 1 aromatic carbocycles. The third-order valence-corrected chi connectivity index (χ3v) is 3.90. The van der Waals surface area contributed by atoms with E-state index in [4.69, 9.17) is 5.73 Å². The van der Waals surface area contributed by atoms with Gasteiger partial charge in [0.05, 0.1) is 11.2 Å². The van der Waals surface area contributed by atoms with Gasteiger partial charge in [-0.05, 0) is 30.9 Å². The first kappa shape index (κ1) is 11.3. The summed E-state index contributed by atoms with van der Waals surface area (Å²) < 4.78 is 0. The van der Waals surface area contributed by atoms with Crippen LogP contribution >= 0.6 is 0 Å². The van der Waals surface area contributed by atoms with Crippen LogP contribution in [0.15, 0.2) is 30.5 Å². The number of anilines is 2. The maximum Gasteiger partial charge on any atom is 0.0951 e. The fourth-order valence-corrected chi connectivity index (χ4v) is 2.71. The summed E-state index contributed by atoms with van der Waals surface area (Å²) >= 11 is 0. The SMILES string of the molecule is CC1CCN(c2ccnc3c(N)cccc23)CC1. The Morgan fingerprint density at radius 1 is 1.22 bits per heavy atom. The molecule has 0 bridgehead atoms. The molecular weight excluding hydrogens is 222 g/mol. The Hall–Kier alpha value is -1.77. The minimum atomic E-state index is 0.764. The molecule has 2 heterocycles. The van der Waals surface area contributed by atoms with E-state index in [1.807, 2.05) is 18.3 Å². The first-order chi connectivity index (χ1) is 8.75. The Morgan fingerprint density at radius 2 is 2.00 bits per heavy atom. The van der Waals surface area contributed by atoms with E-state index in [9.17, 15) is 0 Å². The number of piperidine rings is 1. The van der Waals surface area contributed by atoms with Crippen molar-refractivity contribution in [2.24, 2.45) is 5.92 Å². The van der Waals surface area contributed by atoms with Gasteiger partial charge in [-0.15, -0.1) is 0 Å². The third kappa shape index (κ3) is 1.90. The zero-order valence-corrected chi connectivity index (χ0v) is 10.8. The Labute approximate surface area is 108 Å². The van der Waals surface area contributed by atoms with E-state index < -0.39 is 0 Å². The Balaban J connectivity index is 2.04. The second-order valence-electron chi connectivity index (χ2n) is 5.24. The standard InChI is InChI=1S/C15H19N3/c1-11-6-9-18(10-7-11)14-5-8-17-15-12(14)3-2-4-13(15)16/h2-5,8,11H,6-7,9-10,16H2,1H3. The highest BCUT2D eigenvalue weighted by molar-refractivity contribution is 5.98. The van der Waals surface area contributed by atoms with Gasteiger partial charge in [0.25, 0.3) is 0 Å². The lowest BCUT2D eigenvalue weighted by molar-refractivity contribution is 0.439. The highest BCUT2D eigenvalue weighted by atomic mass is 15.1. The Kier molecular flexibility index (Phi) is 2.82. The summed E-state index contributed by atoms with van der Waals surface area (Å²) in [5.41, 5.74) is 8.96. The van der Waals surface area contributed by atoms with Gasteiger partial charge in [0.15, 0.2) is 0 Å². The number of nitrogens with two attached hydrogens (primary N) is 1. The molecule has 3 nitrogen and oxygen atoms in total. The minimum absolute atomic E-state index is 0.764. The van der Waals surface area contributed by atoms with E-state index in [0.29, 0.717) is 0 Å². The fourth-order valence-electron chi connectivity index (χ4n) is 2.71. The molecule has 0 spiro atoms. The molecule has 1 fully saturated rings. The highest BCUT2D eigenvalue weighted by Gasteiger charge is 2.18. The summed E-state index contributed by atoms with van der Waals surface area (Å²) in [5, 5.41) is 1.17. The van der Waals surface area contributed by atoms with Gasteiger partial charge >= 0.3 is 0 Å². The molecule has 3 rings (SSSR count). The minimum Gasteiger partial charge on any atom is -0.397 e. The predicted octanol–water partition coefficient (Wildman–Crippen LogP) is 3.05. The third-order valence-electron chi connectivity index (χ3n) is 3.90. The molecule has 1 aliphatic heterocycles. The molecule has 0 atom stereocenters. The first-order valence-electron chi connectivity index (χ1n) is 6.64. The van der Waals surface area contributed by atoms with Crippen LogP contribution < -0.4 is 10.6 Å². The van der Waals surface area contributed by atoms with E-state index in [1.165, 1.54) is 23.9 Å². The zero-order chi connectivity index (χ0) is 12.5. The van der Waals surface area contributed by atoms with E-state index in [2.05, 4.69) is 28.9 Å². The molecule has 1 aliphatic rings. The molecule has 3 heteroatoms. The number of hydrogen-bond donors (Lipinski definition) is 1. The van der Waals surface area contributed by atoms with Crippen molar-refractivity contribution in [2.75, 3.05) is 23.7 Å². The molecule has 1 saturated heterocycles. The van der Waals surface area contributed by atoms with Crippen LogP contribution in [-0.4, -0.2) is 18.1 Å². The lowest BCUT2D eigenvalue weighted by Gasteiger charge is -2.32. The van der Waals surface area contributed by atoms with Crippen LogP contribution in [0, 0.1) is 5.92 Å². The lowest BCUT2D eigenvalue weighted by atomic mass is 9.98. The number of benzene rings is 1. The molecule has 0 unspecified atom stereocenters. The van der Waals surface area contributed by atoms with E-state index in [-0.39, 0.29) is 0 Å². The van der Waals surface area contributed by atoms with Crippen molar-refractivity contribution in [3.8, 4) is 0 Å². The summed E-state index contributed by atoms with van der Waals surface area (Å²) in [7, 11) is 0. The molecule has 0 saturated carbocycles. The first-order valence-corrected chi connectivity index (χ1v) is 6.64. The van der Waals surface area contributed by atoms with Crippen LogP contribution in [0.3, 0.4) is 0 Å². The normalized spacial score (nSPS) is 17.3. The zero-order valence-electron chi connectivity index (χ0n) is 10.8. The van der Waals surface area contributed by atoms with Gasteiger partial charge < -0.3 is 10.6 Å². The number of pyridine rings is 1. The number of rotatable bonds is 1. The maximum absolute atomic E-state index is 6.00. The number of nitrogens with zero attached hydrogens (tertiary/aromatic N) is 2. The van der Waals surface area contributed by atoms with Gasteiger partial charge in [-0.3, -0.25) is 4.98 Å². The van der Waals surface area contributed by atoms with Gasteiger partial charge in [-0.2, -0.15) is 0 Å². The highest BCUT2D eigenvalue weighted by Crippen LogP contribution is 2.31. The van der Waals surface area contributed by atoms with Crippen molar-refractivity contribution in [1.82, 2.24) is 4.98 Å². The van der Waals surface area contributed by atoms with E-state index >= 15 is 0 Å². The molecule has 1 aromatic heterocycles. The van der Waals surface area contributed by atoms with Crippen molar-refractivity contribution in [3.05, 3.63) is 30.5 Å². The molecule has 0 amide bonds. The number of fused-ring (bicyclic) bond motifs is 1. The summed E-state index contributed by atoms with van der Waals surface area (Å²) in [6.07, 6.45) is 4.41. The fraction of sp³-hybridized carbons (Fsp3) is 0.400. The topological polar surface area (TPSA) is 42.2 Å². The summed E-state index contributed by atoms with van der Waals surface area (Å²) in [6, 6.07) is 8.15. The maximum atomic E-state index is 6.00. The van der Waals surface area contributed by atoms with Crippen LogP contribution in [0.2, 0.25) is 0 Å². The molecule has 94 valence electrons. The molecule has 2 aromatic rings. The molecule has 18 heavy (non-hydrogen) atoms. The van der Waals surface area contributed by atoms with Crippen molar-refractivity contribution >= 4 is 22.3 Å². The summed E-state index contributed by atoms with van der Waals surface area (Å²) in [6.45, 7) is 4.60. The molecule has 2 N–H and O–H groups in total. The van der Waals surface area contributed by atoms with Crippen LogP contribution in [0.4, 0.5) is 11.4 Å². The van der Waals surface area contributed by atoms with Gasteiger partial charge in [-0.1, -0.05) is 19.1 Å². The van der Waals surface area contributed by atoms with Crippen LogP contribution in [-0.2, 0) is 0 Å². The Morgan fingerprint density at radius 3 is 2.78 bits per heavy atom. The second kappa shape index (κ2) is 4.48. The predicted molar refractivity (Wildman–Crippen MR) is 76.8 cm³/mol. The average Bonchev–Trinajstić information content (AvgIpc) is 2.40. The van der Waals surface area contributed by atoms with Crippen LogP contribution in [0.5, 0.6) is 0 Å². The average molecular weight is 241 g/mol. The van der Waals surface area contributed by atoms with E-state index in [0.717, 1.165) is 30.2 Å². The van der Waals surface area contributed by atoms with Gasteiger partial charge in [0.1, 0.15) is 0 Å². The van der Waals surface area contributed by atoms with Gasteiger partial charge in [-0.25, -0.2) is 0 Å². The summed E-state index contributed by atoms with van der Waals surface area (Å²) in [5.74, 6) is 0.847. The molecular formula is C15H19N3. The summed E-state index contributed by atoms with van der Waals surface area (Å²) in [4.78, 5) is 6.86. The van der Waals surface area contributed by atoms with Crippen LogP contribution in [0.1, 0.15) is 19.8 Å². The van der Waals surface area contributed by atoms with Gasteiger partial charge in [0, 0.05) is 30.4 Å². The quantitative estimate of drug-likeness (QED) is 0.780. The van der Waals surface area contributed by atoms with Gasteiger partial charge in [0.2, 0.25) is 0 Å². The molecule has 0 aliphatic carbocycles.